The van der Waals surface area contributed by atoms with Crippen molar-refractivity contribution in [2.45, 2.75) is 46.1 Å². The monoisotopic (exact) mass is 590 g/mol. The third kappa shape index (κ3) is 8.63. The number of ether oxygens (including phenoxy) is 2. The van der Waals surface area contributed by atoms with E-state index in [2.05, 4.69) is 40.0 Å². The molecule has 0 atom stereocenters. The number of aromatic nitrogens is 2. The van der Waals surface area contributed by atoms with E-state index in [9.17, 15) is 9.59 Å². The van der Waals surface area contributed by atoms with Gasteiger partial charge in [-0.3, -0.25) is 9.69 Å². The van der Waals surface area contributed by atoms with Gasteiger partial charge >= 0.3 is 6.09 Å². The third-order valence-corrected chi connectivity index (χ3v) is 8.04. The Morgan fingerprint density at radius 1 is 0.953 bits per heavy atom. The van der Waals surface area contributed by atoms with Crippen molar-refractivity contribution in [2.24, 2.45) is 5.92 Å². The number of rotatable bonds is 7. The van der Waals surface area contributed by atoms with Gasteiger partial charge in [-0.2, -0.15) is 5.10 Å². The average Bonchev–Trinajstić information content (AvgIpc) is 3.66. The van der Waals surface area contributed by atoms with E-state index in [-0.39, 0.29) is 6.09 Å². The van der Waals surface area contributed by atoms with Crippen LogP contribution >= 0.6 is 0 Å². The Kier molecular flexibility index (Phi) is 9.75. The predicted octanol–water partition coefficient (Wildman–Crippen LogP) is 4.63. The molecule has 10 nitrogen and oxygen atoms in total. The van der Waals surface area contributed by atoms with Crippen molar-refractivity contribution in [3.8, 4) is 16.9 Å². The van der Waals surface area contributed by atoms with Crippen molar-refractivity contribution in [1.82, 2.24) is 24.3 Å². The molecule has 6 rings (SSSR count). The average molecular weight is 591 g/mol. The minimum Gasteiger partial charge on any atom is -0.492 e. The number of hydrogen-bond donors (Lipinski definition) is 0. The van der Waals surface area contributed by atoms with E-state index in [0.29, 0.717) is 19.7 Å². The molecule has 0 radical (unpaired) electrons. The zero-order valence-electron chi connectivity index (χ0n) is 26.1. The Morgan fingerprint density at radius 2 is 1.63 bits per heavy atom. The van der Waals surface area contributed by atoms with Crippen LogP contribution in [0, 0.1) is 5.92 Å². The fourth-order valence-corrected chi connectivity index (χ4v) is 5.18. The van der Waals surface area contributed by atoms with E-state index in [1.807, 2.05) is 60.8 Å². The molecule has 10 heteroatoms. The molecule has 3 fully saturated rings. The number of carbonyl (C=O) groups is 2. The molecular weight excluding hydrogens is 544 g/mol. The van der Waals surface area contributed by atoms with Gasteiger partial charge in [0.15, 0.2) is 0 Å². The smallest absolute Gasteiger partial charge is 0.410 e. The summed E-state index contributed by atoms with van der Waals surface area (Å²) in [5.74, 6) is 1.92. The summed E-state index contributed by atoms with van der Waals surface area (Å²) >= 11 is 0. The van der Waals surface area contributed by atoms with Crippen LogP contribution in [-0.2, 0) is 9.53 Å². The maximum Gasteiger partial charge on any atom is 0.410 e. The van der Waals surface area contributed by atoms with Crippen molar-refractivity contribution >= 4 is 23.7 Å². The summed E-state index contributed by atoms with van der Waals surface area (Å²) in [4.78, 5) is 31.5. The lowest BCUT2D eigenvalue weighted by atomic mass is 10.1. The first kappa shape index (κ1) is 30.7. The highest BCUT2D eigenvalue weighted by Crippen LogP contribution is 2.30. The number of hydrogen-bond acceptors (Lipinski definition) is 7. The van der Waals surface area contributed by atoms with E-state index in [4.69, 9.17) is 9.47 Å². The van der Waals surface area contributed by atoms with Crippen LogP contribution in [0.3, 0.4) is 0 Å². The number of fused-ring (bicyclic) bond motifs is 1. The molecule has 3 aromatic rings. The lowest BCUT2D eigenvalue weighted by molar-refractivity contribution is -0.118. The minimum absolute atomic E-state index is 0.237. The van der Waals surface area contributed by atoms with Crippen molar-refractivity contribution in [2.75, 3.05) is 70.4 Å². The van der Waals surface area contributed by atoms with Crippen molar-refractivity contribution in [1.29, 1.82) is 0 Å². The quantitative estimate of drug-likeness (QED) is 0.371. The van der Waals surface area contributed by atoms with Gasteiger partial charge in [0.25, 0.3) is 0 Å². The van der Waals surface area contributed by atoms with E-state index in [1.54, 1.807) is 4.90 Å². The molecule has 2 aliphatic heterocycles. The summed E-state index contributed by atoms with van der Waals surface area (Å²) in [6.45, 7) is 15.4. The molecule has 3 aliphatic rings. The maximum absolute atomic E-state index is 12.3. The van der Waals surface area contributed by atoms with Crippen LogP contribution in [0.1, 0.15) is 40.5 Å². The van der Waals surface area contributed by atoms with Crippen molar-refractivity contribution < 1.29 is 19.1 Å². The van der Waals surface area contributed by atoms with Gasteiger partial charge in [0.1, 0.15) is 18.0 Å². The van der Waals surface area contributed by atoms with Gasteiger partial charge in [-0.1, -0.05) is 31.9 Å². The Hall–Kier alpha value is -3.79. The van der Waals surface area contributed by atoms with Gasteiger partial charge < -0.3 is 24.2 Å². The Balaban J connectivity index is 0.000000850. The van der Waals surface area contributed by atoms with E-state index >= 15 is 0 Å². The van der Waals surface area contributed by atoms with Gasteiger partial charge in [0.2, 0.25) is 6.41 Å². The van der Waals surface area contributed by atoms with Crippen LogP contribution < -0.4 is 9.64 Å². The fourth-order valence-electron chi connectivity index (χ4n) is 5.18. The number of amides is 2. The molecule has 2 amide bonds. The molecule has 2 saturated heterocycles. The van der Waals surface area contributed by atoms with Crippen LogP contribution in [0.2, 0.25) is 0 Å². The minimum atomic E-state index is -0.471. The lowest BCUT2D eigenvalue weighted by Gasteiger charge is -2.35. The number of benzene rings is 1. The zero-order chi connectivity index (χ0) is 30.4. The first-order valence-electron chi connectivity index (χ1n) is 15.5. The van der Waals surface area contributed by atoms with Crippen molar-refractivity contribution in [3.63, 3.8) is 0 Å². The Bertz CT molecular complexity index is 1350. The molecule has 1 saturated carbocycles. The van der Waals surface area contributed by atoms with Crippen molar-refractivity contribution in [3.05, 3.63) is 48.8 Å². The van der Waals surface area contributed by atoms with Crippen LogP contribution in [0.4, 0.5) is 10.5 Å². The van der Waals surface area contributed by atoms with E-state index in [1.165, 1.54) is 12.8 Å². The van der Waals surface area contributed by atoms with Crippen LogP contribution in [0.25, 0.3) is 16.6 Å². The molecule has 2 aromatic heterocycles. The standard InChI is InChI=1S/C29H38N6O4.C4H8/c1-29(2,3)39-28(37)34-16-10-31(11-17-34)18-19-38-25-6-4-23(5-7-25)24-20-27-26(8-9-30-35(27)21-24)33-14-12-32(22-36)13-15-33;1-4-2-3-4/h4-9,20-22H,10-19H2,1-3H3;4H,2-3H2,1H3. The summed E-state index contributed by atoms with van der Waals surface area (Å²) in [6.07, 6.45) is 7.54. The second kappa shape index (κ2) is 13.7. The highest BCUT2D eigenvalue weighted by atomic mass is 16.6. The van der Waals surface area contributed by atoms with E-state index < -0.39 is 5.60 Å². The number of anilines is 1. The zero-order valence-corrected chi connectivity index (χ0v) is 26.1. The molecule has 0 bridgehead atoms. The highest BCUT2D eigenvalue weighted by Gasteiger charge is 2.26. The molecule has 0 N–H and O–H groups in total. The van der Waals surface area contributed by atoms with Crippen LogP contribution in [0.15, 0.2) is 48.8 Å². The van der Waals surface area contributed by atoms with Gasteiger partial charge in [0.05, 0.1) is 11.2 Å². The number of piperazine rings is 2. The molecular formula is C33H46N6O4. The van der Waals surface area contributed by atoms with Crippen LogP contribution in [-0.4, -0.2) is 108 Å². The van der Waals surface area contributed by atoms with Gasteiger partial charge in [-0.05, 0) is 56.5 Å². The predicted molar refractivity (Wildman–Crippen MR) is 169 cm³/mol. The first-order chi connectivity index (χ1) is 20.7. The summed E-state index contributed by atoms with van der Waals surface area (Å²) in [5.41, 5.74) is 3.91. The first-order valence-corrected chi connectivity index (χ1v) is 15.5. The number of carbonyl (C=O) groups excluding carboxylic acids is 2. The lowest BCUT2D eigenvalue weighted by Crippen LogP contribution is -2.50. The molecule has 0 spiro atoms. The molecule has 232 valence electrons. The van der Waals surface area contributed by atoms with Gasteiger partial charge in [-0.25, -0.2) is 9.31 Å². The van der Waals surface area contributed by atoms with Gasteiger partial charge in [-0.15, -0.1) is 0 Å². The normalized spacial score (nSPS) is 17.8. The summed E-state index contributed by atoms with van der Waals surface area (Å²) in [6, 6.07) is 12.4. The molecule has 0 unspecified atom stereocenters. The third-order valence-electron chi connectivity index (χ3n) is 8.04. The highest BCUT2D eigenvalue weighted by molar-refractivity contribution is 5.80. The number of nitrogens with zero attached hydrogens (tertiary/aromatic N) is 6. The molecule has 1 aliphatic carbocycles. The summed E-state index contributed by atoms with van der Waals surface area (Å²) in [5, 5.41) is 4.51. The summed E-state index contributed by atoms with van der Waals surface area (Å²) in [7, 11) is 0. The fraction of sp³-hybridized carbons (Fsp3) is 0.545. The van der Waals surface area contributed by atoms with Gasteiger partial charge in [0, 0.05) is 76.9 Å². The maximum atomic E-state index is 12.3. The van der Waals surface area contributed by atoms with E-state index in [0.717, 1.165) is 86.2 Å². The SMILES string of the molecule is CC(C)(C)OC(=O)N1CCN(CCOc2ccc(-c3cc4c(N5CCN(C=O)CC5)ccnn4c3)cc2)CC1.CC1CC1. The largest absolute Gasteiger partial charge is 0.492 e. The second-order valence-corrected chi connectivity index (χ2v) is 12.8. The topological polar surface area (TPSA) is 82.9 Å². The summed E-state index contributed by atoms with van der Waals surface area (Å²) < 4.78 is 13.4. The molecule has 1 aromatic carbocycles. The molecule has 43 heavy (non-hydrogen) atoms. The Labute approximate surface area is 255 Å². The van der Waals surface area contributed by atoms with Crippen LogP contribution in [0.5, 0.6) is 5.75 Å². The second-order valence-electron chi connectivity index (χ2n) is 12.8. The Morgan fingerprint density at radius 3 is 2.23 bits per heavy atom. The molecule has 4 heterocycles.